The van der Waals surface area contributed by atoms with Gasteiger partial charge >= 0.3 is 0 Å². The van der Waals surface area contributed by atoms with Crippen molar-refractivity contribution in [3.8, 4) is 11.5 Å². The minimum Gasteiger partial charge on any atom is -0.494 e. The van der Waals surface area contributed by atoms with E-state index in [4.69, 9.17) is 21.1 Å². The number of nitrogens with zero attached hydrogens (tertiary/aromatic N) is 1. The van der Waals surface area contributed by atoms with Gasteiger partial charge in [-0.15, -0.1) is 0 Å². The third kappa shape index (κ3) is 5.65. The molecule has 0 radical (unpaired) electrons. The van der Waals surface area contributed by atoms with Crippen LogP contribution in [0.25, 0.3) is 0 Å². The number of halogens is 1. The van der Waals surface area contributed by atoms with Gasteiger partial charge in [-0.25, -0.2) is 0 Å². The van der Waals surface area contributed by atoms with Crippen LogP contribution in [0.4, 0.5) is 11.4 Å². The lowest BCUT2D eigenvalue weighted by atomic mass is 10.1. The fourth-order valence-electron chi connectivity index (χ4n) is 3.57. The van der Waals surface area contributed by atoms with Crippen LogP contribution in [0.5, 0.6) is 11.5 Å². The zero-order valence-corrected chi connectivity index (χ0v) is 19.1. The van der Waals surface area contributed by atoms with Gasteiger partial charge in [0.1, 0.15) is 11.5 Å². The van der Waals surface area contributed by atoms with Gasteiger partial charge in [0, 0.05) is 12.2 Å². The number of unbranched alkanes of at least 4 members (excludes halogenated alkanes) is 1. The Morgan fingerprint density at radius 3 is 2.67 bits per heavy atom. The average molecular weight is 465 g/mol. The molecule has 1 N–H and O–H groups in total. The molecule has 2 amide bonds. The summed E-state index contributed by atoms with van der Waals surface area (Å²) in [5.41, 5.74) is 2.77. The summed E-state index contributed by atoms with van der Waals surface area (Å²) in [5.74, 6) is 1.02. The van der Waals surface area contributed by atoms with Gasteiger partial charge < -0.3 is 19.7 Å². The maximum absolute atomic E-state index is 12.6. The molecule has 7 heteroatoms. The van der Waals surface area contributed by atoms with E-state index < -0.39 is 0 Å². The predicted octanol–water partition coefficient (Wildman–Crippen LogP) is 5.49. The smallest absolute Gasteiger partial charge is 0.265 e. The van der Waals surface area contributed by atoms with E-state index in [0.29, 0.717) is 40.9 Å². The Labute approximate surface area is 198 Å². The Balaban J connectivity index is 1.38. The maximum atomic E-state index is 12.6. The van der Waals surface area contributed by atoms with Gasteiger partial charge in [0.15, 0.2) is 6.61 Å². The van der Waals surface area contributed by atoms with Gasteiger partial charge in [-0.3, -0.25) is 9.59 Å². The number of carbonyl (C=O) groups is 2. The van der Waals surface area contributed by atoms with Crippen molar-refractivity contribution in [1.29, 1.82) is 0 Å². The molecule has 6 nitrogen and oxygen atoms in total. The Bertz CT molecular complexity index is 1150. The van der Waals surface area contributed by atoms with E-state index in [1.165, 1.54) is 5.56 Å². The van der Waals surface area contributed by atoms with Crippen LogP contribution in [0.2, 0.25) is 5.02 Å². The van der Waals surface area contributed by atoms with Crippen molar-refractivity contribution in [3.05, 3.63) is 82.9 Å². The van der Waals surface area contributed by atoms with Crippen LogP contribution in [-0.2, 0) is 4.79 Å². The predicted molar refractivity (Wildman–Crippen MR) is 130 cm³/mol. The Kier molecular flexibility index (Phi) is 7.15. The van der Waals surface area contributed by atoms with Crippen molar-refractivity contribution in [1.82, 2.24) is 0 Å². The van der Waals surface area contributed by atoms with E-state index >= 15 is 0 Å². The second-order valence-electron chi connectivity index (χ2n) is 7.82. The standard InChI is InChI=1S/C26H25ClN2O4/c1-18-8-11-20(12-9-18)32-15-5-4-14-29-23-16-19(10-13-24(23)33-17-25(29)30)28-26(31)21-6-2-3-7-22(21)27/h2-3,6-13,16H,4-5,14-15,17H2,1H3,(H,28,31). The Morgan fingerprint density at radius 1 is 1.09 bits per heavy atom. The summed E-state index contributed by atoms with van der Waals surface area (Å²) < 4.78 is 11.3. The molecule has 0 saturated heterocycles. The first-order valence-corrected chi connectivity index (χ1v) is 11.2. The molecule has 0 fully saturated rings. The molecule has 0 aromatic heterocycles. The fourth-order valence-corrected chi connectivity index (χ4v) is 3.79. The summed E-state index contributed by atoms with van der Waals surface area (Å²) in [6.45, 7) is 3.14. The molecule has 0 bridgehead atoms. The summed E-state index contributed by atoms with van der Waals surface area (Å²) in [6.07, 6.45) is 1.57. The van der Waals surface area contributed by atoms with Gasteiger partial charge in [-0.05, 0) is 62.2 Å². The number of hydrogen-bond acceptors (Lipinski definition) is 4. The number of anilines is 2. The molecule has 0 saturated carbocycles. The first-order chi connectivity index (χ1) is 16.0. The van der Waals surface area contributed by atoms with Crippen molar-refractivity contribution in [2.75, 3.05) is 30.0 Å². The molecule has 0 spiro atoms. The van der Waals surface area contributed by atoms with E-state index in [9.17, 15) is 9.59 Å². The number of rotatable bonds is 8. The van der Waals surface area contributed by atoms with E-state index in [2.05, 4.69) is 5.32 Å². The fraction of sp³-hybridized carbons (Fsp3) is 0.231. The lowest BCUT2D eigenvalue weighted by molar-refractivity contribution is -0.121. The average Bonchev–Trinajstić information content (AvgIpc) is 2.81. The SMILES string of the molecule is Cc1ccc(OCCCCN2C(=O)COc3ccc(NC(=O)c4ccccc4Cl)cc32)cc1. The molecule has 1 aliphatic rings. The molecular weight excluding hydrogens is 440 g/mol. The molecule has 1 aliphatic heterocycles. The first kappa shape index (κ1) is 22.7. The van der Waals surface area contributed by atoms with Crippen LogP contribution in [0.1, 0.15) is 28.8 Å². The van der Waals surface area contributed by atoms with Crippen molar-refractivity contribution >= 4 is 34.8 Å². The molecule has 0 unspecified atom stereocenters. The Morgan fingerprint density at radius 2 is 1.88 bits per heavy atom. The summed E-state index contributed by atoms with van der Waals surface area (Å²) in [6, 6.07) is 20.0. The maximum Gasteiger partial charge on any atom is 0.265 e. The van der Waals surface area contributed by atoms with Crippen LogP contribution < -0.4 is 19.7 Å². The van der Waals surface area contributed by atoms with Crippen LogP contribution in [0, 0.1) is 6.92 Å². The molecule has 33 heavy (non-hydrogen) atoms. The number of benzene rings is 3. The van der Waals surface area contributed by atoms with Crippen LogP contribution in [-0.4, -0.2) is 31.6 Å². The third-order valence-electron chi connectivity index (χ3n) is 5.34. The zero-order chi connectivity index (χ0) is 23.2. The first-order valence-electron chi connectivity index (χ1n) is 10.8. The van der Waals surface area contributed by atoms with E-state index in [0.717, 1.165) is 18.6 Å². The van der Waals surface area contributed by atoms with Crippen LogP contribution in [0.15, 0.2) is 66.7 Å². The highest BCUT2D eigenvalue weighted by Crippen LogP contribution is 2.35. The number of hydrogen-bond donors (Lipinski definition) is 1. The molecule has 1 heterocycles. The molecular formula is C26H25ClN2O4. The number of amides is 2. The largest absolute Gasteiger partial charge is 0.494 e. The monoisotopic (exact) mass is 464 g/mol. The van der Waals surface area contributed by atoms with Gasteiger partial charge in [-0.1, -0.05) is 41.4 Å². The van der Waals surface area contributed by atoms with Crippen LogP contribution >= 0.6 is 11.6 Å². The van der Waals surface area contributed by atoms with Crippen molar-refractivity contribution in [2.24, 2.45) is 0 Å². The summed E-state index contributed by atoms with van der Waals surface area (Å²) >= 11 is 6.13. The molecule has 170 valence electrons. The quantitative estimate of drug-likeness (QED) is 0.448. The number of nitrogens with one attached hydrogen (secondary N) is 1. The van der Waals surface area contributed by atoms with Gasteiger partial charge in [0.05, 0.1) is 22.9 Å². The van der Waals surface area contributed by atoms with Crippen molar-refractivity contribution in [3.63, 3.8) is 0 Å². The van der Waals surface area contributed by atoms with Gasteiger partial charge in [0.2, 0.25) is 0 Å². The summed E-state index contributed by atoms with van der Waals surface area (Å²) in [4.78, 5) is 26.9. The highest BCUT2D eigenvalue weighted by Gasteiger charge is 2.25. The molecule has 0 aliphatic carbocycles. The van der Waals surface area contributed by atoms with Gasteiger partial charge in [-0.2, -0.15) is 0 Å². The summed E-state index contributed by atoms with van der Waals surface area (Å²) in [7, 11) is 0. The van der Waals surface area contributed by atoms with Crippen molar-refractivity contribution in [2.45, 2.75) is 19.8 Å². The molecule has 0 atom stereocenters. The highest BCUT2D eigenvalue weighted by atomic mass is 35.5. The topological polar surface area (TPSA) is 67.9 Å². The third-order valence-corrected chi connectivity index (χ3v) is 5.67. The van der Waals surface area contributed by atoms with Gasteiger partial charge in [0.25, 0.3) is 11.8 Å². The summed E-state index contributed by atoms with van der Waals surface area (Å²) in [5, 5.41) is 3.22. The van der Waals surface area contributed by atoms with E-state index in [1.54, 1.807) is 47.4 Å². The molecule has 3 aromatic carbocycles. The van der Waals surface area contributed by atoms with E-state index in [-0.39, 0.29) is 18.4 Å². The van der Waals surface area contributed by atoms with Crippen molar-refractivity contribution < 1.29 is 19.1 Å². The number of fused-ring (bicyclic) bond motifs is 1. The van der Waals surface area contributed by atoms with Crippen LogP contribution in [0.3, 0.4) is 0 Å². The molecule has 4 rings (SSSR count). The lowest BCUT2D eigenvalue weighted by Crippen LogP contribution is -2.39. The molecule has 3 aromatic rings. The lowest BCUT2D eigenvalue weighted by Gasteiger charge is -2.30. The second kappa shape index (κ2) is 10.4. The minimum atomic E-state index is -0.316. The second-order valence-corrected chi connectivity index (χ2v) is 8.23. The highest BCUT2D eigenvalue weighted by molar-refractivity contribution is 6.34. The normalized spacial score (nSPS) is 12.7. The minimum absolute atomic E-state index is 0.00179. The van der Waals surface area contributed by atoms with E-state index in [1.807, 2.05) is 31.2 Å². The number of ether oxygens (including phenoxy) is 2. The number of aryl methyl sites for hydroxylation is 1. The Hall–Kier alpha value is -3.51. The zero-order valence-electron chi connectivity index (χ0n) is 18.3. The number of carbonyl (C=O) groups excluding carboxylic acids is 2.